The molecule has 0 N–H and O–H groups in total. The van der Waals surface area contributed by atoms with Crippen LogP contribution in [0.4, 0.5) is 0 Å². The first-order valence-corrected chi connectivity index (χ1v) is 6.58. The summed E-state index contributed by atoms with van der Waals surface area (Å²) in [5.41, 5.74) is 0.282. The summed E-state index contributed by atoms with van der Waals surface area (Å²) in [4.78, 5) is 0. The zero-order chi connectivity index (χ0) is 10.0. The summed E-state index contributed by atoms with van der Waals surface area (Å²) >= 11 is 0. The Morgan fingerprint density at radius 1 is 1.00 bits per heavy atom. The molecule has 0 aromatic rings. The summed E-state index contributed by atoms with van der Waals surface area (Å²) in [6.45, 7) is 2.31. The lowest BCUT2D eigenvalue weighted by Gasteiger charge is -2.32. The van der Waals surface area contributed by atoms with E-state index in [0.29, 0.717) is 18.3 Å². The van der Waals surface area contributed by atoms with E-state index in [4.69, 9.17) is 9.47 Å². The SMILES string of the molecule is CC12CC(C3CCC4OC4C3)CC[C@@H]1O2. The van der Waals surface area contributed by atoms with Gasteiger partial charge in [0.15, 0.2) is 0 Å². The van der Waals surface area contributed by atoms with Crippen LogP contribution in [0.3, 0.4) is 0 Å². The predicted octanol–water partition coefficient (Wildman–Crippen LogP) is 2.51. The molecule has 4 rings (SSSR count). The molecule has 0 spiro atoms. The highest BCUT2D eigenvalue weighted by molar-refractivity contribution is 5.06. The minimum Gasteiger partial charge on any atom is -0.370 e. The average Bonchev–Trinajstić information content (AvgIpc) is 3.08. The number of fused-ring (bicyclic) bond motifs is 2. The van der Waals surface area contributed by atoms with Crippen molar-refractivity contribution in [2.45, 2.75) is 69.4 Å². The second-order valence-electron chi connectivity index (χ2n) is 6.25. The van der Waals surface area contributed by atoms with Gasteiger partial charge in [-0.2, -0.15) is 0 Å². The summed E-state index contributed by atoms with van der Waals surface area (Å²) in [6, 6.07) is 0. The van der Waals surface area contributed by atoms with Crippen LogP contribution in [-0.4, -0.2) is 23.9 Å². The molecule has 2 saturated heterocycles. The van der Waals surface area contributed by atoms with Gasteiger partial charge in [0.2, 0.25) is 0 Å². The van der Waals surface area contributed by atoms with Gasteiger partial charge in [-0.05, 0) is 57.3 Å². The van der Waals surface area contributed by atoms with Crippen molar-refractivity contribution in [3.8, 4) is 0 Å². The fourth-order valence-electron chi connectivity index (χ4n) is 4.09. The van der Waals surface area contributed by atoms with Gasteiger partial charge in [-0.15, -0.1) is 0 Å². The standard InChI is InChI=1S/C13H20O2/c1-13-7-9(3-5-12(13)15-13)8-2-4-10-11(6-8)14-10/h8-12H,2-7H2,1H3/t8?,9?,10?,11?,12-,13?/m0/s1. The lowest BCUT2D eigenvalue weighted by molar-refractivity contribution is 0.186. The van der Waals surface area contributed by atoms with E-state index in [0.717, 1.165) is 11.8 Å². The Bertz CT molecular complexity index is 290. The molecule has 2 saturated carbocycles. The molecule has 4 aliphatic rings. The molecule has 15 heavy (non-hydrogen) atoms. The molecule has 6 atom stereocenters. The number of rotatable bonds is 1. The molecule has 84 valence electrons. The lowest BCUT2D eigenvalue weighted by atomic mass is 9.71. The van der Waals surface area contributed by atoms with E-state index in [2.05, 4.69) is 6.92 Å². The fourth-order valence-corrected chi connectivity index (χ4v) is 4.09. The minimum absolute atomic E-state index is 0.282. The van der Waals surface area contributed by atoms with Gasteiger partial charge in [0.25, 0.3) is 0 Å². The molecule has 0 aromatic carbocycles. The maximum atomic E-state index is 5.79. The van der Waals surface area contributed by atoms with Gasteiger partial charge in [-0.1, -0.05) is 0 Å². The normalized spacial score (nSPS) is 61.8. The van der Waals surface area contributed by atoms with Crippen molar-refractivity contribution in [3.63, 3.8) is 0 Å². The van der Waals surface area contributed by atoms with Crippen molar-refractivity contribution in [2.24, 2.45) is 11.8 Å². The van der Waals surface area contributed by atoms with E-state index < -0.39 is 0 Å². The van der Waals surface area contributed by atoms with Crippen LogP contribution in [0.1, 0.15) is 45.4 Å². The van der Waals surface area contributed by atoms with Crippen LogP contribution in [-0.2, 0) is 9.47 Å². The predicted molar refractivity (Wildman–Crippen MR) is 56.6 cm³/mol. The van der Waals surface area contributed by atoms with Crippen molar-refractivity contribution in [2.75, 3.05) is 0 Å². The Balaban J connectivity index is 1.44. The second-order valence-corrected chi connectivity index (χ2v) is 6.25. The van der Waals surface area contributed by atoms with Gasteiger partial charge in [-0.3, -0.25) is 0 Å². The largest absolute Gasteiger partial charge is 0.370 e. The number of hydrogen-bond donors (Lipinski definition) is 0. The summed E-state index contributed by atoms with van der Waals surface area (Å²) in [6.07, 6.45) is 10.0. The molecule has 2 heteroatoms. The first kappa shape index (κ1) is 9.00. The third-order valence-electron chi connectivity index (χ3n) is 5.21. The van der Waals surface area contributed by atoms with Crippen LogP contribution in [0.25, 0.3) is 0 Å². The highest BCUT2D eigenvalue weighted by Crippen LogP contribution is 2.54. The van der Waals surface area contributed by atoms with Gasteiger partial charge in [0.1, 0.15) is 0 Å². The van der Waals surface area contributed by atoms with Gasteiger partial charge >= 0.3 is 0 Å². The van der Waals surface area contributed by atoms with Crippen LogP contribution in [0, 0.1) is 11.8 Å². The Morgan fingerprint density at radius 2 is 1.87 bits per heavy atom. The van der Waals surface area contributed by atoms with Crippen molar-refractivity contribution in [1.82, 2.24) is 0 Å². The molecule has 2 nitrogen and oxygen atoms in total. The van der Waals surface area contributed by atoms with Crippen LogP contribution in [0.5, 0.6) is 0 Å². The van der Waals surface area contributed by atoms with E-state index in [9.17, 15) is 0 Å². The molecule has 2 heterocycles. The Kier molecular flexibility index (Phi) is 1.67. The molecule has 0 bridgehead atoms. The molecule has 2 aliphatic heterocycles. The maximum absolute atomic E-state index is 5.79. The highest BCUT2D eigenvalue weighted by Gasteiger charge is 2.57. The van der Waals surface area contributed by atoms with Gasteiger partial charge in [0, 0.05) is 0 Å². The first-order valence-electron chi connectivity index (χ1n) is 6.58. The number of epoxide rings is 2. The van der Waals surface area contributed by atoms with Crippen LogP contribution >= 0.6 is 0 Å². The Hall–Kier alpha value is -0.0800. The van der Waals surface area contributed by atoms with E-state index in [1.165, 1.54) is 38.5 Å². The van der Waals surface area contributed by atoms with E-state index in [1.54, 1.807) is 0 Å². The van der Waals surface area contributed by atoms with Gasteiger partial charge in [-0.25, -0.2) is 0 Å². The smallest absolute Gasteiger partial charge is 0.0923 e. The quantitative estimate of drug-likeness (QED) is 0.619. The topological polar surface area (TPSA) is 25.1 Å². The molecule has 4 fully saturated rings. The van der Waals surface area contributed by atoms with Crippen molar-refractivity contribution >= 4 is 0 Å². The summed E-state index contributed by atoms with van der Waals surface area (Å²) in [7, 11) is 0. The van der Waals surface area contributed by atoms with Crippen LogP contribution in [0.2, 0.25) is 0 Å². The highest BCUT2D eigenvalue weighted by atomic mass is 16.6. The lowest BCUT2D eigenvalue weighted by Crippen LogP contribution is -2.30. The molecule has 0 amide bonds. The van der Waals surface area contributed by atoms with E-state index in [-0.39, 0.29) is 5.60 Å². The van der Waals surface area contributed by atoms with Gasteiger partial charge < -0.3 is 9.47 Å². The summed E-state index contributed by atoms with van der Waals surface area (Å²) < 4.78 is 11.4. The monoisotopic (exact) mass is 208 g/mol. The number of ether oxygens (including phenoxy) is 2. The third kappa shape index (κ3) is 1.38. The fraction of sp³-hybridized carbons (Fsp3) is 1.00. The minimum atomic E-state index is 0.282. The molecular weight excluding hydrogens is 188 g/mol. The van der Waals surface area contributed by atoms with Crippen LogP contribution < -0.4 is 0 Å². The first-order chi connectivity index (χ1) is 7.24. The third-order valence-corrected chi connectivity index (χ3v) is 5.21. The van der Waals surface area contributed by atoms with E-state index in [1.807, 2.05) is 0 Å². The van der Waals surface area contributed by atoms with Crippen LogP contribution in [0.15, 0.2) is 0 Å². The van der Waals surface area contributed by atoms with Crippen molar-refractivity contribution < 1.29 is 9.47 Å². The molecule has 2 aliphatic carbocycles. The number of hydrogen-bond acceptors (Lipinski definition) is 2. The maximum Gasteiger partial charge on any atom is 0.0923 e. The molecular formula is C13H20O2. The van der Waals surface area contributed by atoms with Crippen molar-refractivity contribution in [1.29, 1.82) is 0 Å². The summed E-state index contributed by atoms with van der Waals surface area (Å²) in [5, 5.41) is 0. The Labute approximate surface area is 91.3 Å². The van der Waals surface area contributed by atoms with Gasteiger partial charge in [0.05, 0.1) is 23.9 Å². The molecule has 0 aromatic heterocycles. The zero-order valence-corrected chi connectivity index (χ0v) is 9.45. The Morgan fingerprint density at radius 3 is 2.67 bits per heavy atom. The molecule has 0 radical (unpaired) electrons. The summed E-state index contributed by atoms with van der Waals surface area (Å²) in [5.74, 6) is 1.87. The van der Waals surface area contributed by atoms with E-state index >= 15 is 0 Å². The zero-order valence-electron chi connectivity index (χ0n) is 9.45. The van der Waals surface area contributed by atoms with Crippen molar-refractivity contribution in [3.05, 3.63) is 0 Å². The molecule has 5 unspecified atom stereocenters. The second kappa shape index (κ2) is 2.78. The average molecular weight is 208 g/mol.